The maximum Gasteiger partial charge on any atom is 0.0762 e. The van der Waals surface area contributed by atoms with Gasteiger partial charge in [-0.25, -0.2) is 0 Å². The van der Waals surface area contributed by atoms with Crippen molar-refractivity contribution in [3.63, 3.8) is 0 Å². The van der Waals surface area contributed by atoms with Crippen molar-refractivity contribution in [3.05, 3.63) is 70.1 Å². The molecular weight excluding hydrogens is 282 g/mol. The number of nitrogens with one attached hydrogen (secondary N) is 1. The number of rotatable bonds is 4. The van der Waals surface area contributed by atoms with Crippen LogP contribution in [0.5, 0.6) is 0 Å². The monoisotopic (exact) mass is 293 g/mol. The standard InChI is InChI=1S/C14H12ClNS2/c15-11-6-8-12(9-7-11)16-14(17)10-18-13-4-2-1-3-5-13/h1-10,16-17H/b14-10+. The maximum atomic E-state index is 5.82. The third kappa shape index (κ3) is 4.33. The molecule has 0 aliphatic heterocycles. The van der Waals surface area contributed by atoms with Crippen LogP contribution in [0.25, 0.3) is 0 Å². The molecule has 4 heteroatoms. The molecule has 18 heavy (non-hydrogen) atoms. The predicted octanol–water partition coefficient (Wildman–Crippen LogP) is 5.27. The molecule has 92 valence electrons. The van der Waals surface area contributed by atoms with Crippen molar-refractivity contribution in [2.45, 2.75) is 4.90 Å². The average molecular weight is 294 g/mol. The number of hydrogen-bond donors (Lipinski definition) is 2. The number of hydrogen-bond acceptors (Lipinski definition) is 3. The number of benzene rings is 2. The second-order valence-electron chi connectivity index (χ2n) is 3.57. The van der Waals surface area contributed by atoms with Crippen molar-refractivity contribution in [1.29, 1.82) is 0 Å². The summed E-state index contributed by atoms with van der Waals surface area (Å²) in [5.41, 5.74) is 0.967. The molecule has 0 fully saturated rings. The minimum Gasteiger partial charge on any atom is -0.350 e. The molecule has 2 aromatic rings. The lowest BCUT2D eigenvalue weighted by atomic mass is 10.3. The van der Waals surface area contributed by atoms with E-state index in [0.29, 0.717) is 0 Å². The first-order chi connectivity index (χ1) is 8.74. The molecule has 2 aromatic carbocycles. The zero-order valence-electron chi connectivity index (χ0n) is 9.51. The highest BCUT2D eigenvalue weighted by Crippen LogP contribution is 2.22. The fourth-order valence-electron chi connectivity index (χ4n) is 1.33. The Morgan fingerprint density at radius 3 is 2.39 bits per heavy atom. The molecule has 0 aliphatic carbocycles. The molecule has 0 bridgehead atoms. The van der Waals surface area contributed by atoms with E-state index in [-0.39, 0.29) is 0 Å². The summed E-state index contributed by atoms with van der Waals surface area (Å²) in [6, 6.07) is 17.7. The molecule has 0 heterocycles. The topological polar surface area (TPSA) is 12.0 Å². The third-order valence-corrected chi connectivity index (χ3v) is 3.73. The largest absolute Gasteiger partial charge is 0.350 e. The van der Waals surface area contributed by atoms with Gasteiger partial charge in [-0.3, -0.25) is 0 Å². The number of anilines is 1. The summed E-state index contributed by atoms with van der Waals surface area (Å²) < 4.78 is 0. The Balaban J connectivity index is 1.95. The Labute approximate surface area is 122 Å². The molecule has 0 atom stereocenters. The van der Waals surface area contributed by atoms with Crippen LogP contribution >= 0.6 is 36.0 Å². The van der Waals surface area contributed by atoms with Crippen molar-refractivity contribution in [2.75, 3.05) is 5.32 Å². The van der Waals surface area contributed by atoms with E-state index >= 15 is 0 Å². The smallest absolute Gasteiger partial charge is 0.0762 e. The highest BCUT2D eigenvalue weighted by Gasteiger charge is 1.95. The van der Waals surface area contributed by atoms with E-state index in [9.17, 15) is 0 Å². The van der Waals surface area contributed by atoms with Crippen LogP contribution in [0, 0.1) is 0 Å². The summed E-state index contributed by atoms with van der Waals surface area (Å²) in [5.74, 6) is 0. The molecule has 2 rings (SSSR count). The SMILES string of the molecule is S/C(=C/Sc1ccccc1)Nc1ccc(Cl)cc1. The van der Waals surface area contributed by atoms with Crippen LogP contribution in [-0.4, -0.2) is 0 Å². The van der Waals surface area contributed by atoms with E-state index in [1.807, 2.05) is 47.9 Å². The number of halogens is 1. The molecule has 0 aromatic heterocycles. The molecule has 0 saturated heterocycles. The second-order valence-corrected chi connectivity index (χ2v) is 5.43. The van der Waals surface area contributed by atoms with Gasteiger partial charge in [-0.15, -0.1) is 12.6 Å². The van der Waals surface area contributed by atoms with Crippen molar-refractivity contribution >= 4 is 41.7 Å². The van der Waals surface area contributed by atoms with Crippen LogP contribution in [0.1, 0.15) is 0 Å². The summed E-state index contributed by atoms with van der Waals surface area (Å²) >= 11 is 11.8. The fourth-order valence-corrected chi connectivity index (χ4v) is 2.37. The lowest BCUT2D eigenvalue weighted by Gasteiger charge is -2.05. The zero-order chi connectivity index (χ0) is 12.8. The average Bonchev–Trinajstić information content (AvgIpc) is 2.40. The first-order valence-electron chi connectivity index (χ1n) is 5.37. The van der Waals surface area contributed by atoms with Gasteiger partial charge in [0.05, 0.1) is 5.03 Å². The van der Waals surface area contributed by atoms with E-state index in [0.717, 1.165) is 15.7 Å². The Kier molecular flexibility index (Phi) is 5.05. The van der Waals surface area contributed by atoms with E-state index in [4.69, 9.17) is 11.6 Å². The summed E-state index contributed by atoms with van der Waals surface area (Å²) in [7, 11) is 0. The maximum absolute atomic E-state index is 5.82. The van der Waals surface area contributed by atoms with Gasteiger partial charge in [-0.05, 0) is 36.4 Å². The molecule has 1 N–H and O–H groups in total. The predicted molar refractivity (Wildman–Crippen MR) is 84.4 cm³/mol. The van der Waals surface area contributed by atoms with E-state index in [1.165, 1.54) is 4.90 Å². The molecule has 0 saturated carbocycles. The second kappa shape index (κ2) is 6.78. The fraction of sp³-hybridized carbons (Fsp3) is 0. The van der Waals surface area contributed by atoms with Crippen molar-refractivity contribution in [3.8, 4) is 0 Å². The Morgan fingerprint density at radius 2 is 1.72 bits per heavy atom. The summed E-state index contributed by atoms with van der Waals surface area (Å²) in [6.07, 6.45) is 0. The van der Waals surface area contributed by atoms with Gasteiger partial charge in [0.25, 0.3) is 0 Å². The van der Waals surface area contributed by atoms with Crippen LogP contribution in [0.4, 0.5) is 5.69 Å². The molecule has 0 radical (unpaired) electrons. The van der Waals surface area contributed by atoms with Gasteiger partial charge < -0.3 is 5.32 Å². The van der Waals surface area contributed by atoms with Crippen molar-refractivity contribution in [2.24, 2.45) is 0 Å². The zero-order valence-corrected chi connectivity index (χ0v) is 12.0. The highest BCUT2D eigenvalue weighted by molar-refractivity contribution is 8.02. The summed E-state index contributed by atoms with van der Waals surface area (Å²) in [4.78, 5) is 1.18. The normalized spacial score (nSPS) is 11.3. The molecule has 0 spiro atoms. The van der Waals surface area contributed by atoms with Gasteiger partial charge >= 0.3 is 0 Å². The Bertz CT molecular complexity index is 523. The van der Waals surface area contributed by atoms with Crippen LogP contribution in [-0.2, 0) is 0 Å². The molecule has 0 aliphatic rings. The molecule has 0 amide bonds. The first-order valence-corrected chi connectivity index (χ1v) is 7.08. The van der Waals surface area contributed by atoms with Crippen LogP contribution < -0.4 is 5.32 Å². The minimum absolute atomic E-state index is 0.726. The number of thioether (sulfide) groups is 1. The van der Waals surface area contributed by atoms with Gasteiger partial charge in [-0.2, -0.15) is 0 Å². The van der Waals surface area contributed by atoms with E-state index < -0.39 is 0 Å². The lowest BCUT2D eigenvalue weighted by molar-refractivity contribution is 1.47. The van der Waals surface area contributed by atoms with Gasteiger partial charge in [0.1, 0.15) is 0 Å². The Morgan fingerprint density at radius 1 is 1.06 bits per heavy atom. The van der Waals surface area contributed by atoms with Crippen LogP contribution in [0.3, 0.4) is 0 Å². The molecular formula is C14H12ClNS2. The van der Waals surface area contributed by atoms with Gasteiger partial charge in [0.2, 0.25) is 0 Å². The lowest BCUT2D eigenvalue weighted by Crippen LogP contribution is -1.91. The summed E-state index contributed by atoms with van der Waals surface area (Å²) in [5, 5.41) is 6.67. The quantitative estimate of drug-likeness (QED) is 0.588. The summed E-state index contributed by atoms with van der Waals surface area (Å²) in [6.45, 7) is 0. The van der Waals surface area contributed by atoms with Gasteiger partial charge in [0.15, 0.2) is 0 Å². The van der Waals surface area contributed by atoms with Gasteiger partial charge in [-0.1, -0.05) is 41.6 Å². The van der Waals surface area contributed by atoms with Crippen molar-refractivity contribution < 1.29 is 0 Å². The van der Waals surface area contributed by atoms with Crippen molar-refractivity contribution in [1.82, 2.24) is 0 Å². The van der Waals surface area contributed by atoms with Crippen LogP contribution in [0.2, 0.25) is 5.02 Å². The van der Waals surface area contributed by atoms with Gasteiger partial charge in [0, 0.05) is 21.0 Å². The van der Waals surface area contributed by atoms with E-state index in [1.54, 1.807) is 11.8 Å². The van der Waals surface area contributed by atoms with Crippen LogP contribution in [0.15, 0.2) is 69.9 Å². The first kappa shape index (κ1) is 13.4. The number of thiol groups is 1. The molecule has 1 nitrogen and oxygen atoms in total. The Hall–Kier alpha value is -1.03. The molecule has 0 unspecified atom stereocenters. The van der Waals surface area contributed by atoms with E-state index in [2.05, 4.69) is 30.1 Å². The highest BCUT2D eigenvalue weighted by atomic mass is 35.5. The third-order valence-electron chi connectivity index (χ3n) is 2.17. The minimum atomic E-state index is 0.726.